The van der Waals surface area contributed by atoms with Gasteiger partial charge < -0.3 is 10.8 Å². The number of carbonyl (C=O) groups is 3. The summed E-state index contributed by atoms with van der Waals surface area (Å²) in [5.74, 6) is -1.32. The van der Waals surface area contributed by atoms with Crippen molar-refractivity contribution in [3.63, 3.8) is 0 Å². The summed E-state index contributed by atoms with van der Waals surface area (Å²) in [6.07, 6.45) is 1.91. The summed E-state index contributed by atoms with van der Waals surface area (Å²) in [7, 11) is 0. The van der Waals surface area contributed by atoms with E-state index in [1.807, 2.05) is 12.2 Å². The molecule has 1 aliphatic rings. The molecule has 1 atom stereocenters. The molecule has 1 fully saturated rings. The molecule has 7 nitrogen and oxygen atoms in total. The third-order valence-electron chi connectivity index (χ3n) is 3.24. The lowest BCUT2D eigenvalue weighted by atomic mass is 9.83. The van der Waals surface area contributed by atoms with Crippen molar-refractivity contribution in [3.8, 4) is 0 Å². The second kappa shape index (κ2) is 5.81. The van der Waals surface area contributed by atoms with Gasteiger partial charge in [0.05, 0.1) is 12.0 Å². The Bertz CT molecular complexity index is 358. The second-order valence-corrected chi connectivity index (χ2v) is 4.71. The topological polar surface area (TPSA) is 113 Å². The Morgan fingerprint density at radius 2 is 2.11 bits per heavy atom. The molecule has 0 spiro atoms. The first kappa shape index (κ1) is 14.4. The fourth-order valence-electron chi connectivity index (χ4n) is 2.44. The number of imide groups is 1. The smallest absolute Gasteiger partial charge is 0.318 e. The minimum atomic E-state index is -0.891. The average molecular weight is 257 g/mol. The first-order valence-electron chi connectivity index (χ1n) is 5.94. The van der Waals surface area contributed by atoms with Gasteiger partial charge in [-0.15, -0.1) is 0 Å². The Morgan fingerprint density at radius 1 is 1.44 bits per heavy atom. The van der Waals surface area contributed by atoms with E-state index in [4.69, 9.17) is 5.73 Å². The zero-order valence-corrected chi connectivity index (χ0v) is 10.4. The summed E-state index contributed by atoms with van der Waals surface area (Å²) in [6, 6.07) is -0.891. The van der Waals surface area contributed by atoms with Gasteiger partial charge in [-0.05, 0) is 19.4 Å². The molecular weight excluding hydrogens is 238 g/mol. The highest BCUT2D eigenvalue weighted by atomic mass is 16.4. The molecule has 1 heterocycles. The number of urea groups is 1. The van der Waals surface area contributed by atoms with Crippen LogP contribution in [0.5, 0.6) is 0 Å². The van der Waals surface area contributed by atoms with Crippen LogP contribution in [-0.4, -0.2) is 47.5 Å². The van der Waals surface area contributed by atoms with Crippen molar-refractivity contribution >= 4 is 17.9 Å². The molecule has 0 aliphatic carbocycles. The van der Waals surface area contributed by atoms with E-state index in [9.17, 15) is 19.5 Å². The quantitative estimate of drug-likeness (QED) is 0.629. The molecular formula is C11H19N3O4. The Labute approximate surface area is 105 Å². The number of likely N-dealkylation sites (tertiary alicyclic amines) is 1. The van der Waals surface area contributed by atoms with E-state index in [1.54, 1.807) is 4.90 Å². The van der Waals surface area contributed by atoms with Gasteiger partial charge in [0.15, 0.2) is 0 Å². The highest BCUT2D eigenvalue weighted by Crippen LogP contribution is 2.35. The molecule has 4 N–H and O–H groups in total. The van der Waals surface area contributed by atoms with Gasteiger partial charge in [0, 0.05) is 6.54 Å². The van der Waals surface area contributed by atoms with Crippen LogP contribution in [0.25, 0.3) is 0 Å². The van der Waals surface area contributed by atoms with Gasteiger partial charge in [0.1, 0.15) is 0 Å². The minimum absolute atomic E-state index is 0.00167. The maximum Gasteiger partial charge on any atom is 0.318 e. The molecule has 1 aliphatic heterocycles. The lowest BCUT2D eigenvalue weighted by Crippen LogP contribution is -2.43. The summed E-state index contributed by atoms with van der Waals surface area (Å²) in [4.78, 5) is 34.9. The molecule has 0 radical (unpaired) electrons. The number of primary amides is 1. The molecule has 0 aromatic carbocycles. The van der Waals surface area contributed by atoms with Crippen molar-refractivity contribution in [2.45, 2.75) is 26.2 Å². The lowest BCUT2D eigenvalue weighted by molar-refractivity contribution is -0.148. The number of carboxylic acids is 1. The van der Waals surface area contributed by atoms with Crippen LogP contribution in [-0.2, 0) is 9.59 Å². The third-order valence-corrected chi connectivity index (χ3v) is 3.24. The molecule has 102 valence electrons. The van der Waals surface area contributed by atoms with Crippen LogP contribution in [0.3, 0.4) is 0 Å². The van der Waals surface area contributed by atoms with Gasteiger partial charge in [-0.1, -0.05) is 13.3 Å². The standard InChI is InChI=1S/C11H19N3O4/c1-2-3-11(9(16)17)4-5-14(7-11)6-8(15)13-10(12)18/h2-7H2,1H3,(H,16,17)(H3,12,13,15,18). The SMILES string of the molecule is CCCC1(C(=O)O)CCN(CC(=O)NC(N)=O)C1. The van der Waals surface area contributed by atoms with E-state index in [-0.39, 0.29) is 6.54 Å². The van der Waals surface area contributed by atoms with Crippen molar-refractivity contribution in [2.75, 3.05) is 19.6 Å². The molecule has 7 heteroatoms. The number of carboxylic acid groups (broad SMARTS) is 1. The highest BCUT2D eigenvalue weighted by molar-refractivity contribution is 5.94. The van der Waals surface area contributed by atoms with Crippen LogP contribution >= 0.6 is 0 Å². The number of hydrogen-bond donors (Lipinski definition) is 3. The van der Waals surface area contributed by atoms with Gasteiger partial charge in [-0.25, -0.2) is 4.79 Å². The van der Waals surface area contributed by atoms with E-state index in [2.05, 4.69) is 0 Å². The Balaban J connectivity index is 2.56. The Hall–Kier alpha value is -1.63. The van der Waals surface area contributed by atoms with Crippen LogP contribution < -0.4 is 11.1 Å². The zero-order chi connectivity index (χ0) is 13.8. The monoisotopic (exact) mass is 257 g/mol. The van der Waals surface area contributed by atoms with E-state index in [0.29, 0.717) is 25.9 Å². The van der Waals surface area contributed by atoms with Gasteiger partial charge in [-0.2, -0.15) is 0 Å². The van der Waals surface area contributed by atoms with Gasteiger partial charge >= 0.3 is 12.0 Å². The number of nitrogens with zero attached hydrogens (tertiary/aromatic N) is 1. The van der Waals surface area contributed by atoms with Crippen LogP contribution in [0, 0.1) is 5.41 Å². The molecule has 1 rings (SSSR count). The first-order valence-corrected chi connectivity index (χ1v) is 5.94. The van der Waals surface area contributed by atoms with Crippen LogP contribution in [0.2, 0.25) is 0 Å². The third kappa shape index (κ3) is 3.43. The second-order valence-electron chi connectivity index (χ2n) is 4.71. The number of nitrogens with one attached hydrogen (secondary N) is 1. The molecule has 18 heavy (non-hydrogen) atoms. The molecule has 0 saturated carbocycles. The van der Waals surface area contributed by atoms with Crippen molar-refractivity contribution in [2.24, 2.45) is 11.1 Å². The van der Waals surface area contributed by atoms with Crippen molar-refractivity contribution in [1.29, 1.82) is 0 Å². The first-order chi connectivity index (χ1) is 8.39. The minimum Gasteiger partial charge on any atom is -0.481 e. The number of nitrogens with two attached hydrogens (primary N) is 1. The average Bonchev–Trinajstić information content (AvgIpc) is 2.61. The number of rotatable bonds is 5. The molecule has 3 amide bonds. The van der Waals surface area contributed by atoms with E-state index >= 15 is 0 Å². The van der Waals surface area contributed by atoms with Gasteiger partial charge in [0.25, 0.3) is 0 Å². The number of hydrogen-bond acceptors (Lipinski definition) is 4. The van der Waals surface area contributed by atoms with E-state index in [1.165, 1.54) is 0 Å². The highest BCUT2D eigenvalue weighted by Gasteiger charge is 2.44. The van der Waals surface area contributed by atoms with Crippen molar-refractivity contribution < 1.29 is 19.5 Å². The van der Waals surface area contributed by atoms with Crippen molar-refractivity contribution in [1.82, 2.24) is 10.2 Å². The van der Waals surface area contributed by atoms with E-state index in [0.717, 1.165) is 6.42 Å². The maximum atomic E-state index is 11.3. The van der Waals surface area contributed by atoms with Gasteiger partial charge in [0.2, 0.25) is 5.91 Å². The molecule has 0 aromatic heterocycles. The Morgan fingerprint density at radius 3 is 2.61 bits per heavy atom. The predicted octanol–water partition coefficient (Wildman–Crippen LogP) is -0.242. The predicted molar refractivity (Wildman–Crippen MR) is 63.8 cm³/mol. The van der Waals surface area contributed by atoms with Gasteiger partial charge in [-0.3, -0.25) is 19.8 Å². The number of aliphatic carboxylic acids is 1. The fourth-order valence-corrected chi connectivity index (χ4v) is 2.44. The fraction of sp³-hybridized carbons (Fsp3) is 0.727. The molecule has 1 saturated heterocycles. The largest absolute Gasteiger partial charge is 0.481 e. The van der Waals surface area contributed by atoms with Crippen molar-refractivity contribution in [3.05, 3.63) is 0 Å². The summed E-state index contributed by atoms with van der Waals surface area (Å²) in [5, 5.41) is 11.3. The normalized spacial score (nSPS) is 23.8. The number of amides is 3. The zero-order valence-electron chi connectivity index (χ0n) is 10.4. The molecule has 1 unspecified atom stereocenters. The van der Waals surface area contributed by atoms with Crippen LogP contribution in [0.4, 0.5) is 4.79 Å². The lowest BCUT2D eigenvalue weighted by Gasteiger charge is -2.23. The summed E-state index contributed by atoms with van der Waals surface area (Å²) < 4.78 is 0. The Kier molecular flexibility index (Phi) is 4.66. The van der Waals surface area contributed by atoms with Crippen LogP contribution in [0.1, 0.15) is 26.2 Å². The molecule has 0 bridgehead atoms. The summed E-state index contributed by atoms with van der Waals surface area (Å²) in [6.45, 7) is 2.82. The summed E-state index contributed by atoms with van der Waals surface area (Å²) >= 11 is 0. The van der Waals surface area contributed by atoms with E-state index < -0.39 is 23.3 Å². The number of carbonyl (C=O) groups excluding carboxylic acids is 2. The van der Waals surface area contributed by atoms with Crippen LogP contribution in [0.15, 0.2) is 0 Å². The molecule has 0 aromatic rings. The summed E-state index contributed by atoms with van der Waals surface area (Å²) in [5.41, 5.74) is 4.07. The maximum absolute atomic E-state index is 11.3.